The van der Waals surface area contributed by atoms with Gasteiger partial charge in [-0.05, 0) is 36.8 Å². The van der Waals surface area contributed by atoms with Gasteiger partial charge in [-0.2, -0.15) is 0 Å². The minimum atomic E-state index is -0.177. The molecule has 0 aromatic heterocycles. The standard InChI is InChI=1S/C16H16ClNO2/c1-2-20-15-9-4-3-8-14(15)18-16(19)13-7-5-6-12(10-13)11-17/h3-10H,2,11H2,1H3,(H,18,19). The van der Waals surface area contributed by atoms with E-state index in [0.29, 0.717) is 29.5 Å². The highest BCUT2D eigenvalue weighted by molar-refractivity contribution is 6.17. The van der Waals surface area contributed by atoms with Crippen molar-refractivity contribution in [1.29, 1.82) is 0 Å². The van der Waals surface area contributed by atoms with E-state index in [9.17, 15) is 4.79 Å². The maximum atomic E-state index is 12.2. The molecular formula is C16H16ClNO2. The third kappa shape index (κ3) is 3.52. The summed E-state index contributed by atoms with van der Waals surface area (Å²) in [5.41, 5.74) is 2.16. The molecule has 0 radical (unpaired) electrons. The summed E-state index contributed by atoms with van der Waals surface area (Å²) in [4.78, 5) is 12.2. The summed E-state index contributed by atoms with van der Waals surface area (Å²) >= 11 is 5.78. The monoisotopic (exact) mass is 289 g/mol. The van der Waals surface area contributed by atoms with Crippen LogP contribution in [-0.2, 0) is 5.88 Å². The van der Waals surface area contributed by atoms with Crippen LogP contribution in [0.3, 0.4) is 0 Å². The van der Waals surface area contributed by atoms with Crippen molar-refractivity contribution in [1.82, 2.24) is 0 Å². The molecule has 0 fully saturated rings. The molecule has 1 amide bonds. The Morgan fingerprint density at radius 2 is 2.00 bits per heavy atom. The molecule has 0 saturated carbocycles. The van der Waals surface area contributed by atoms with Gasteiger partial charge in [0.2, 0.25) is 0 Å². The van der Waals surface area contributed by atoms with E-state index in [1.165, 1.54) is 0 Å². The van der Waals surface area contributed by atoms with Gasteiger partial charge in [0.1, 0.15) is 5.75 Å². The van der Waals surface area contributed by atoms with Gasteiger partial charge in [-0.3, -0.25) is 4.79 Å². The number of nitrogens with one attached hydrogen (secondary N) is 1. The summed E-state index contributed by atoms with van der Waals surface area (Å²) < 4.78 is 5.48. The maximum absolute atomic E-state index is 12.2. The van der Waals surface area contributed by atoms with Crippen LogP contribution in [0.2, 0.25) is 0 Å². The number of ether oxygens (including phenoxy) is 1. The number of carbonyl (C=O) groups is 1. The second-order valence-corrected chi connectivity index (χ2v) is 4.48. The van der Waals surface area contributed by atoms with Crippen LogP contribution in [0, 0.1) is 0 Å². The molecule has 0 atom stereocenters. The fourth-order valence-electron chi connectivity index (χ4n) is 1.84. The van der Waals surface area contributed by atoms with Gasteiger partial charge in [-0.1, -0.05) is 24.3 Å². The van der Waals surface area contributed by atoms with Gasteiger partial charge in [0.25, 0.3) is 5.91 Å². The van der Waals surface area contributed by atoms with Gasteiger partial charge >= 0.3 is 0 Å². The van der Waals surface area contributed by atoms with Crippen LogP contribution in [0.5, 0.6) is 5.75 Å². The van der Waals surface area contributed by atoms with Crippen molar-refractivity contribution in [3.8, 4) is 5.75 Å². The number of anilines is 1. The Labute approximate surface area is 123 Å². The fourth-order valence-corrected chi connectivity index (χ4v) is 2.01. The predicted octanol–water partition coefficient (Wildman–Crippen LogP) is 4.08. The van der Waals surface area contributed by atoms with Gasteiger partial charge < -0.3 is 10.1 Å². The van der Waals surface area contributed by atoms with E-state index in [0.717, 1.165) is 5.56 Å². The highest BCUT2D eigenvalue weighted by atomic mass is 35.5. The highest BCUT2D eigenvalue weighted by Crippen LogP contribution is 2.24. The number of rotatable bonds is 5. The largest absolute Gasteiger partial charge is 0.492 e. The summed E-state index contributed by atoms with van der Waals surface area (Å²) in [6.07, 6.45) is 0. The first kappa shape index (κ1) is 14.4. The van der Waals surface area contributed by atoms with Crippen molar-refractivity contribution < 1.29 is 9.53 Å². The summed E-state index contributed by atoms with van der Waals surface area (Å²) in [6.45, 7) is 2.46. The van der Waals surface area contributed by atoms with Crippen molar-refractivity contribution in [2.45, 2.75) is 12.8 Å². The summed E-state index contributed by atoms with van der Waals surface area (Å²) in [7, 11) is 0. The number of halogens is 1. The number of alkyl halides is 1. The quantitative estimate of drug-likeness (QED) is 0.843. The molecular weight excluding hydrogens is 274 g/mol. The van der Waals surface area contributed by atoms with E-state index in [-0.39, 0.29) is 5.91 Å². The SMILES string of the molecule is CCOc1ccccc1NC(=O)c1cccc(CCl)c1. The normalized spacial score (nSPS) is 10.1. The molecule has 2 aromatic rings. The number of carbonyl (C=O) groups excluding carboxylic acids is 1. The first-order valence-electron chi connectivity index (χ1n) is 6.42. The summed E-state index contributed by atoms with van der Waals surface area (Å²) in [6, 6.07) is 14.6. The Kier molecular flexibility index (Phi) is 5.02. The Hall–Kier alpha value is -2.00. The first-order chi connectivity index (χ1) is 9.74. The zero-order valence-corrected chi connectivity index (χ0v) is 12.0. The lowest BCUT2D eigenvalue weighted by Crippen LogP contribution is -2.13. The molecule has 3 nitrogen and oxygen atoms in total. The zero-order valence-electron chi connectivity index (χ0n) is 11.2. The average molecular weight is 290 g/mol. The third-order valence-electron chi connectivity index (χ3n) is 2.78. The van der Waals surface area contributed by atoms with Crippen LogP contribution in [0.4, 0.5) is 5.69 Å². The van der Waals surface area contributed by atoms with Crippen LogP contribution in [0.15, 0.2) is 48.5 Å². The van der Waals surface area contributed by atoms with Gasteiger partial charge in [0.05, 0.1) is 12.3 Å². The van der Waals surface area contributed by atoms with Crippen LogP contribution in [-0.4, -0.2) is 12.5 Å². The summed E-state index contributed by atoms with van der Waals surface area (Å²) in [5, 5.41) is 2.86. The Balaban J connectivity index is 2.19. The van der Waals surface area contributed by atoms with E-state index in [2.05, 4.69) is 5.32 Å². The van der Waals surface area contributed by atoms with Crippen molar-refractivity contribution >= 4 is 23.2 Å². The third-order valence-corrected chi connectivity index (χ3v) is 3.09. The molecule has 20 heavy (non-hydrogen) atoms. The Morgan fingerprint density at radius 3 is 2.75 bits per heavy atom. The smallest absolute Gasteiger partial charge is 0.255 e. The van der Waals surface area contributed by atoms with E-state index >= 15 is 0 Å². The molecule has 2 rings (SSSR count). The van der Waals surface area contributed by atoms with E-state index in [1.54, 1.807) is 12.1 Å². The molecule has 2 aromatic carbocycles. The number of hydrogen-bond acceptors (Lipinski definition) is 2. The lowest BCUT2D eigenvalue weighted by molar-refractivity contribution is 0.102. The number of para-hydroxylation sites is 2. The molecule has 0 saturated heterocycles. The Morgan fingerprint density at radius 1 is 1.20 bits per heavy atom. The number of hydrogen-bond donors (Lipinski definition) is 1. The van der Waals surface area contributed by atoms with Gasteiger partial charge in [0, 0.05) is 11.4 Å². The number of benzene rings is 2. The van der Waals surface area contributed by atoms with Crippen molar-refractivity contribution in [2.24, 2.45) is 0 Å². The highest BCUT2D eigenvalue weighted by Gasteiger charge is 2.09. The van der Waals surface area contributed by atoms with Crippen molar-refractivity contribution in [3.63, 3.8) is 0 Å². The zero-order chi connectivity index (χ0) is 14.4. The molecule has 0 aliphatic carbocycles. The molecule has 0 spiro atoms. The lowest BCUT2D eigenvalue weighted by Gasteiger charge is -2.11. The molecule has 0 aliphatic heterocycles. The molecule has 0 aliphatic rings. The summed E-state index contributed by atoms with van der Waals surface area (Å²) in [5.74, 6) is 0.873. The Bertz CT molecular complexity index is 599. The van der Waals surface area contributed by atoms with Crippen LogP contribution < -0.4 is 10.1 Å². The van der Waals surface area contributed by atoms with Crippen LogP contribution >= 0.6 is 11.6 Å². The molecule has 4 heteroatoms. The molecule has 104 valence electrons. The molecule has 0 bridgehead atoms. The van der Waals surface area contributed by atoms with Crippen molar-refractivity contribution in [3.05, 3.63) is 59.7 Å². The first-order valence-corrected chi connectivity index (χ1v) is 6.96. The van der Waals surface area contributed by atoms with E-state index in [1.807, 2.05) is 43.3 Å². The molecule has 0 unspecified atom stereocenters. The minimum absolute atomic E-state index is 0.177. The second-order valence-electron chi connectivity index (χ2n) is 4.22. The minimum Gasteiger partial charge on any atom is -0.492 e. The maximum Gasteiger partial charge on any atom is 0.255 e. The van der Waals surface area contributed by atoms with Gasteiger partial charge in [-0.15, -0.1) is 11.6 Å². The average Bonchev–Trinajstić information content (AvgIpc) is 2.49. The van der Waals surface area contributed by atoms with Gasteiger partial charge in [-0.25, -0.2) is 0 Å². The predicted molar refractivity (Wildman–Crippen MR) is 81.6 cm³/mol. The van der Waals surface area contributed by atoms with Crippen molar-refractivity contribution in [2.75, 3.05) is 11.9 Å². The second kappa shape index (κ2) is 6.96. The van der Waals surface area contributed by atoms with Crippen LogP contribution in [0.1, 0.15) is 22.8 Å². The molecule has 0 heterocycles. The topological polar surface area (TPSA) is 38.3 Å². The van der Waals surface area contributed by atoms with Crippen LogP contribution in [0.25, 0.3) is 0 Å². The lowest BCUT2D eigenvalue weighted by atomic mass is 10.1. The van der Waals surface area contributed by atoms with Gasteiger partial charge in [0.15, 0.2) is 0 Å². The number of amides is 1. The van der Waals surface area contributed by atoms with E-state index in [4.69, 9.17) is 16.3 Å². The molecule has 1 N–H and O–H groups in total. The van der Waals surface area contributed by atoms with E-state index < -0.39 is 0 Å². The fraction of sp³-hybridized carbons (Fsp3) is 0.188.